The highest BCUT2D eigenvalue weighted by Gasteiger charge is 2.00. The molecule has 1 aromatic heterocycles. The predicted molar refractivity (Wildman–Crippen MR) is 48.7 cm³/mol. The number of nitrogens with one attached hydrogen (secondary N) is 1. The summed E-state index contributed by atoms with van der Waals surface area (Å²) in [6, 6.07) is 5.10. The van der Waals surface area contributed by atoms with E-state index in [1.54, 1.807) is 18.2 Å². The van der Waals surface area contributed by atoms with Crippen LogP contribution in [0.4, 0.5) is 0 Å². The van der Waals surface area contributed by atoms with Gasteiger partial charge in [0.1, 0.15) is 0 Å². The summed E-state index contributed by atoms with van der Waals surface area (Å²) < 4.78 is 4.81. The van der Waals surface area contributed by atoms with Crippen molar-refractivity contribution in [1.29, 1.82) is 0 Å². The molecule has 0 fully saturated rings. The van der Waals surface area contributed by atoms with Crippen LogP contribution in [0.15, 0.2) is 32.4 Å². The fourth-order valence-electron chi connectivity index (χ4n) is 1.22. The van der Waals surface area contributed by atoms with Crippen LogP contribution in [0, 0.1) is 0 Å². The van der Waals surface area contributed by atoms with Gasteiger partial charge in [-0.05, 0) is 17.7 Å². The lowest BCUT2D eigenvalue weighted by atomic mass is 10.2. The minimum Gasteiger partial charge on any atom is -0.408 e. The number of aromatic amines is 1. The third-order valence-corrected chi connectivity index (χ3v) is 1.81. The second kappa shape index (κ2) is 3.32. The van der Waals surface area contributed by atoms with Gasteiger partial charge in [0, 0.05) is 0 Å². The molecule has 5 nitrogen and oxygen atoms in total. The summed E-state index contributed by atoms with van der Waals surface area (Å²) in [7, 11) is 0. The van der Waals surface area contributed by atoms with Crippen LogP contribution >= 0.6 is 0 Å². The summed E-state index contributed by atoms with van der Waals surface area (Å²) in [5, 5.41) is 0. The van der Waals surface area contributed by atoms with E-state index in [4.69, 9.17) is 4.42 Å². The van der Waals surface area contributed by atoms with Crippen molar-refractivity contribution in [1.82, 2.24) is 4.98 Å². The summed E-state index contributed by atoms with van der Waals surface area (Å²) in [5.41, 5.74) is 1.92. The van der Waals surface area contributed by atoms with Gasteiger partial charge in [0.2, 0.25) is 6.08 Å². The van der Waals surface area contributed by atoms with E-state index in [2.05, 4.69) is 9.98 Å². The normalized spacial score (nSPS) is 10.0. The average molecular weight is 190 g/mol. The van der Waals surface area contributed by atoms with Gasteiger partial charge in [-0.15, -0.1) is 0 Å². The van der Waals surface area contributed by atoms with Crippen LogP contribution in [0.5, 0.6) is 0 Å². The van der Waals surface area contributed by atoms with Crippen molar-refractivity contribution in [3.8, 4) is 0 Å². The first kappa shape index (κ1) is 8.47. The molecule has 2 aromatic rings. The lowest BCUT2D eigenvalue weighted by Crippen LogP contribution is -1.93. The Hall–Kier alpha value is -2.13. The van der Waals surface area contributed by atoms with Gasteiger partial charge < -0.3 is 4.42 Å². The molecular weight excluding hydrogens is 184 g/mol. The van der Waals surface area contributed by atoms with Crippen LogP contribution in [0.3, 0.4) is 0 Å². The van der Waals surface area contributed by atoms with Crippen LogP contribution in [0.25, 0.3) is 11.1 Å². The maximum Gasteiger partial charge on any atom is 0.417 e. The molecule has 5 heteroatoms. The number of aromatic nitrogens is 1. The lowest BCUT2D eigenvalue weighted by Gasteiger charge is -1.92. The van der Waals surface area contributed by atoms with Crippen molar-refractivity contribution in [2.75, 3.05) is 0 Å². The van der Waals surface area contributed by atoms with Gasteiger partial charge >= 0.3 is 5.76 Å². The van der Waals surface area contributed by atoms with Crippen molar-refractivity contribution in [2.24, 2.45) is 4.99 Å². The number of hydrogen-bond acceptors (Lipinski definition) is 4. The third-order valence-electron chi connectivity index (χ3n) is 1.81. The molecule has 0 aliphatic heterocycles. The summed E-state index contributed by atoms with van der Waals surface area (Å²) in [6.07, 6.45) is 1.45. The van der Waals surface area contributed by atoms with Crippen molar-refractivity contribution >= 4 is 17.2 Å². The van der Waals surface area contributed by atoms with Gasteiger partial charge in [0.15, 0.2) is 5.58 Å². The van der Waals surface area contributed by atoms with Gasteiger partial charge in [-0.1, -0.05) is 6.07 Å². The largest absolute Gasteiger partial charge is 0.417 e. The number of isocyanates is 1. The fourth-order valence-corrected chi connectivity index (χ4v) is 1.22. The topological polar surface area (TPSA) is 75.4 Å². The van der Waals surface area contributed by atoms with Crippen LogP contribution < -0.4 is 5.76 Å². The Morgan fingerprint density at radius 1 is 1.50 bits per heavy atom. The number of aliphatic imine (C=N–C) groups is 1. The molecule has 0 saturated heterocycles. The molecule has 0 unspecified atom stereocenters. The zero-order chi connectivity index (χ0) is 9.97. The minimum absolute atomic E-state index is 0.257. The number of hydrogen-bond donors (Lipinski definition) is 1. The van der Waals surface area contributed by atoms with Crippen LogP contribution in [-0.2, 0) is 11.3 Å². The van der Waals surface area contributed by atoms with Crippen LogP contribution in [0.2, 0.25) is 0 Å². The van der Waals surface area contributed by atoms with Crippen molar-refractivity contribution in [3.63, 3.8) is 0 Å². The van der Waals surface area contributed by atoms with Gasteiger partial charge in [0.05, 0.1) is 12.1 Å². The van der Waals surface area contributed by atoms with E-state index in [-0.39, 0.29) is 6.54 Å². The van der Waals surface area contributed by atoms with Gasteiger partial charge in [-0.3, -0.25) is 4.98 Å². The van der Waals surface area contributed by atoms with E-state index in [0.717, 1.165) is 5.56 Å². The van der Waals surface area contributed by atoms with Gasteiger partial charge in [-0.25, -0.2) is 14.6 Å². The average Bonchev–Trinajstić information content (AvgIpc) is 2.54. The van der Waals surface area contributed by atoms with E-state index in [1.165, 1.54) is 6.08 Å². The smallest absolute Gasteiger partial charge is 0.408 e. The first-order chi connectivity index (χ1) is 6.79. The van der Waals surface area contributed by atoms with E-state index in [1.807, 2.05) is 0 Å². The highest BCUT2D eigenvalue weighted by Crippen LogP contribution is 2.12. The molecule has 0 spiro atoms. The van der Waals surface area contributed by atoms with Crippen molar-refractivity contribution in [3.05, 3.63) is 34.3 Å². The number of fused-ring (bicyclic) bond motifs is 1. The number of oxazole rings is 1. The molecule has 70 valence electrons. The number of H-pyrrole nitrogens is 1. The van der Waals surface area contributed by atoms with Crippen molar-refractivity contribution in [2.45, 2.75) is 6.54 Å². The molecule has 14 heavy (non-hydrogen) atoms. The molecule has 0 radical (unpaired) electrons. The summed E-state index contributed by atoms with van der Waals surface area (Å²) in [6.45, 7) is 0.257. The second-order valence-electron chi connectivity index (χ2n) is 2.75. The highest BCUT2D eigenvalue weighted by molar-refractivity contribution is 5.72. The van der Waals surface area contributed by atoms with Gasteiger partial charge in [0.25, 0.3) is 0 Å². The molecule has 0 bridgehead atoms. The number of nitrogens with zero attached hydrogens (tertiary/aromatic N) is 1. The number of benzene rings is 1. The Morgan fingerprint density at radius 3 is 3.14 bits per heavy atom. The molecular formula is C9H6N2O3. The third kappa shape index (κ3) is 1.48. The Balaban J connectivity index is 2.50. The van der Waals surface area contributed by atoms with E-state index in [0.29, 0.717) is 11.1 Å². The Bertz CT molecular complexity index is 561. The summed E-state index contributed by atoms with van der Waals surface area (Å²) in [4.78, 5) is 26.6. The molecule has 2 rings (SSSR count). The first-order valence-corrected chi connectivity index (χ1v) is 3.95. The monoisotopic (exact) mass is 190 g/mol. The molecule has 0 aliphatic carbocycles. The minimum atomic E-state index is -0.490. The summed E-state index contributed by atoms with van der Waals surface area (Å²) >= 11 is 0. The molecule has 0 atom stereocenters. The Kier molecular flexibility index (Phi) is 2.01. The van der Waals surface area contributed by atoms with Crippen LogP contribution in [-0.4, -0.2) is 11.1 Å². The number of rotatable bonds is 2. The van der Waals surface area contributed by atoms with Crippen molar-refractivity contribution < 1.29 is 9.21 Å². The second-order valence-corrected chi connectivity index (χ2v) is 2.75. The molecule has 1 aromatic carbocycles. The zero-order valence-corrected chi connectivity index (χ0v) is 7.11. The predicted octanol–water partition coefficient (Wildman–Crippen LogP) is 0.957. The molecule has 0 aliphatic rings. The molecule has 0 amide bonds. The fraction of sp³-hybridized carbons (Fsp3) is 0.111. The standard InChI is InChI=1S/C9H6N2O3/c12-5-10-4-6-1-2-8-7(3-6)11-9(13)14-8/h1-3H,4H2,(H,11,13). The van der Waals surface area contributed by atoms with Gasteiger partial charge in [-0.2, -0.15) is 0 Å². The Morgan fingerprint density at radius 2 is 2.36 bits per heavy atom. The molecule has 0 saturated carbocycles. The maximum atomic E-state index is 10.8. The van der Waals surface area contributed by atoms with E-state index < -0.39 is 5.76 Å². The SMILES string of the molecule is O=C=NCc1ccc2oc(=O)[nH]c2c1. The Labute approximate surface area is 78.1 Å². The quantitative estimate of drug-likeness (QED) is 0.566. The molecule has 1 N–H and O–H groups in total. The van der Waals surface area contributed by atoms with E-state index in [9.17, 15) is 9.59 Å². The maximum absolute atomic E-state index is 10.8. The molecule has 1 heterocycles. The van der Waals surface area contributed by atoms with E-state index >= 15 is 0 Å². The highest BCUT2D eigenvalue weighted by atomic mass is 16.4. The lowest BCUT2D eigenvalue weighted by molar-refractivity contribution is 0.555. The zero-order valence-electron chi connectivity index (χ0n) is 7.11. The number of carbonyl (C=O) groups excluding carboxylic acids is 1. The van der Waals surface area contributed by atoms with Crippen LogP contribution in [0.1, 0.15) is 5.56 Å². The first-order valence-electron chi connectivity index (χ1n) is 3.95. The summed E-state index contributed by atoms with van der Waals surface area (Å²) in [5.74, 6) is -0.490.